The molecule has 0 amide bonds. The van der Waals surface area contributed by atoms with Crippen LogP contribution in [-0.2, 0) is 0 Å². The molecule has 1 aliphatic carbocycles. The number of aromatic nitrogens is 6. The smallest absolute Gasteiger partial charge is 0.162 e. The first-order valence-corrected chi connectivity index (χ1v) is 8.86. The molecule has 1 aliphatic rings. The van der Waals surface area contributed by atoms with Crippen molar-refractivity contribution in [2.75, 3.05) is 5.32 Å². The molecule has 8 nitrogen and oxygen atoms in total. The number of nitrogens with zero attached hydrogens (tertiary/aromatic N) is 5. The Balaban J connectivity index is 1.57. The molecule has 4 aromatic rings. The SMILES string of the molecule is C[C@H](Nc1ncnc2[nH]cnc12)c1nc2ccc(F)cc2n1[C@H]1C[C@@H](O)C1. The van der Waals surface area contributed by atoms with Gasteiger partial charge in [-0.2, -0.15) is 0 Å². The summed E-state index contributed by atoms with van der Waals surface area (Å²) in [6.45, 7) is 1.98. The van der Waals surface area contributed by atoms with E-state index in [-0.39, 0.29) is 24.0 Å². The van der Waals surface area contributed by atoms with Crippen LogP contribution in [0.4, 0.5) is 10.2 Å². The normalized spacial score (nSPS) is 20.7. The van der Waals surface area contributed by atoms with Gasteiger partial charge < -0.3 is 20.0 Å². The van der Waals surface area contributed by atoms with Gasteiger partial charge in [0.1, 0.15) is 23.5 Å². The average molecular weight is 367 g/mol. The molecule has 0 saturated heterocycles. The van der Waals surface area contributed by atoms with Gasteiger partial charge in [0, 0.05) is 6.04 Å². The fraction of sp³-hybridized carbons (Fsp3) is 0.333. The summed E-state index contributed by atoms with van der Waals surface area (Å²) in [7, 11) is 0. The Kier molecular flexibility index (Phi) is 3.57. The Morgan fingerprint density at radius 1 is 1.30 bits per heavy atom. The zero-order chi connectivity index (χ0) is 18.5. The van der Waals surface area contributed by atoms with E-state index in [2.05, 4.69) is 25.3 Å². The molecule has 5 rings (SSSR count). The zero-order valence-corrected chi connectivity index (χ0v) is 14.6. The van der Waals surface area contributed by atoms with Gasteiger partial charge in [-0.05, 0) is 38.0 Å². The third kappa shape index (κ3) is 2.62. The van der Waals surface area contributed by atoms with Crippen molar-refractivity contribution in [3.63, 3.8) is 0 Å². The Hall–Kier alpha value is -3.07. The maximum Gasteiger partial charge on any atom is 0.162 e. The molecule has 1 fully saturated rings. The lowest BCUT2D eigenvalue weighted by molar-refractivity contribution is 0.0488. The Morgan fingerprint density at radius 2 is 2.15 bits per heavy atom. The molecule has 0 radical (unpaired) electrons. The summed E-state index contributed by atoms with van der Waals surface area (Å²) in [5.74, 6) is 1.08. The first-order valence-electron chi connectivity index (χ1n) is 8.86. The lowest BCUT2D eigenvalue weighted by atomic mass is 9.89. The lowest BCUT2D eigenvalue weighted by Crippen LogP contribution is -2.32. The van der Waals surface area contributed by atoms with Crippen LogP contribution in [0.25, 0.3) is 22.2 Å². The van der Waals surface area contributed by atoms with E-state index in [1.165, 1.54) is 18.5 Å². The summed E-state index contributed by atoms with van der Waals surface area (Å²) < 4.78 is 15.9. The number of hydrogen-bond acceptors (Lipinski definition) is 6. The number of nitrogens with one attached hydrogen (secondary N) is 2. The van der Waals surface area contributed by atoms with Crippen LogP contribution in [-0.4, -0.2) is 40.7 Å². The van der Waals surface area contributed by atoms with E-state index in [1.54, 1.807) is 12.4 Å². The third-order valence-corrected chi connectivity index (χ3v) is 5.09. The molecule has 0 spiro atoms. The molecule has 3 N–H and O–H groups in total. The summed E-state index contributed by atoms with van der Waals surface area (Å²) in [6.07, 6.45) is 4.00. The standard InChI is InChI=1S/C18H18FN7O/c1-9(24-17-15-16(21-7-20-15)22-8-23-17)18-25-13-3-2-10(19)4-14(13)26(18)11-5-12(27)6-11/h2-4,7-9,11-12,27H,5-6H2,1H3,(H2,20,21,22,23,24)/t9-,11-,12+/m0/s1. The lowest BCUT2D eigenvalue weighted by Gasteiger charge is -2.34. The van der Waals surface area contributed by atoms with Crippen molar-refractivity contribution in [2.45, 2.75) is 38.0 Å². The summed E-state index contributed by atoms with van der Waals surface area (Å²) in [4.78, 5) is 20.4. The molecule has 1 aromatic carbocycles. The van der Waals surface area contributed by atoms with E-state index in [4.69, 9.17) is 4.98 Å². The molecule has 3 heterocycles. The van der Waals surface area contributed by atoms with Crippen molar-refractivity contribution >= 4 is 28.0 Å². The van der Waals surface area contributed by atoms with E-state index >= 15 is 0 Å². The summed E-state index contributed by atoms with van der Waals surface area (Å²) in [5, 5.41) is 13.1. The van der Waals surface area contributed by atoms with E-state index < -0.39 is 0 Å². The molecule has 1 atom stereocenters. The van der Waals surface area contributed by atoms with Crippen LogP contribution >= 0.6 is 0 Å². The van der Waals surface area contributed by atoms with Gasteiger partial charge in [-0.1, -0.05) is 0 Å². The number of halogens is 1. The molecule has 138 valence electrons. The molecule has 3 aromatic heterocycles. The second kappa shape index (κ2) is 5.98. The number of aliphatic hydroxyl groups is 1. The second-order valence-corrected chi connectivity index (χ2v) is 6.94. The Labute approximate surface area is 153 Å². The van der Waals surface area contributed by atoms with E-state index in [1.807, 2.05) is 11.5 Å². The zero-order valence-electron chi connectivity index (χ0n) is 14.6. The van der Waals surface area contributed by atoms with Gasteiger partial charge in [0.25, 0.3) is 0 Å². The van der Waals surface area contributed by atoms with Gasteiger partial charge in [0.15, 0.2) is 11.5 Å². The number of aliphatic hydroxyl groups excluding tert-OH is 1. The van der Waals surface area contributed by atoms with Crippen molar-refractivity contribution in [1.82, 2.24) is 29.5 Å². The minimum absolute atomic E-state index is 0.0989. The summed E-state index contributed by atoms with van der Waals surface area (Å²) in [5.41, 5.74) is 2.77. The first kappa shape index (κ1) is 16.1. The van der Waals surface area contributed by atoms with Crippen molar-refractivity contribution in [3.05, 3.63) is 42.5 Å². The monoisotopic (exact) mass is 367 g/mol. The van der Waals surface area contributed by atoms with Gasteiger partial charge in [0.05, 0.1) is 29.5 Å². The highest BCUT2D eigenvalue weighted by molar-refractivity contribution is 5.82. The maximum atomic E-state index is 13.8. The molecular formula is C18H18FN7O. The number of rotatable bonds is 4. The highest BCUT2D eigenvalue weighted by atomic mass is 19.1. The molecular weight excluding hydrogens is 349 g/mol. The minimum Gasteiger partial charge on any atom is -0.393 e. The Bertz CT molecular complexity index is 1130. The van der Waals surface area contributed by atoms with Crippen LogP contribution in [0, 0.1) is 5.82 Å². The summed E-state index contributed by atoms with van der Waals surface area (Å²) >= 11 is 0. The van der Waals surface area contributed by atoms with Crippen molar-refractivity contribution < 1.29 is 9.50 Å². The van der Waals surface area contributed by atoms with Gasteiger partial charge in [0.2, 0.25) is 0 Å². The van der Waals surface area contributed by atoms with E-state index in [9.17, 15) is 9.50 Å². The van der Waals surface area contributed by atoms with Crippen LogP contribution in [0.1, 0.15) is 37.7 Å². The topological polar surface area (TPSA) is 105 Å². The molecule has 0 unspecified atom stereocenters. The molecule has 0 aliphatic heterocycles. The van der Waals surface area contributed by atoms with Gasteiger partial charge in [-0.3, -0.25) is 0 Å². The average Bonchev–Trinajstić information content (AvgIpc) is 3.24. The quantitative estimate of drug-likeness (QED) is 0.512. The number of H-pyrrole nitrogens is 1. The number of anilines is 1. The first-order chi connectivity index (χ1) is 13.1. The highest BCUT2D eigenvalue weighted by Crippen LogP contribution is 2.38. The van der Waals surface area contributed by atoms with Crippen molar-refractivity contribution in [1.29, 1.82) is 0 Å². The van der Waals surface area contributed by atoms with Crippen molar-refractivity contribution in [3.8, 4) is 0 Å². The highest BCUT2D eigenvalue weighted by Gasteiger charge is 2.33. The number of aromatic amines is 1. The third-order valence-electron chi connectivity index (χ3n) is 5.09. The largest absolute Gasteiger partial charge is 0.393 e. The molecule has 27 heavy (non-hydrogen) atoms. The van der Waals surface area contributed by atoms with Crippen molar-refractivity contribution in [2.24, 2.45) is 0 Å². The van der Waals surface area contributed by atoms with Crippen LogP contribution in [0.5, 0.6) is 0 Å². The Morgan fingerprint density at radius 3 is 2.96 bits per heavy atom. The van der Waals surface area contributed by atoms with Crippen LogP contribution in [0.2, 0.25) is 0 Å². The van der Waals surface area contributed by atoms with Gasteiger partial charge in [-0.25, -0.2) is 24.3 Å². The van der Waals surface area contributed by atoms with Crippen LogP contribution in [0.3, 0.4) is 0 Å². The minimum atomic E-state index is -0.317. The second-order valence-electron chi connectivity index (χ2n) is 6.94. The maximum absolute atomic E-state index is 13.8. The van der Waals surface area contributed by atoms with Gasteiger partial charge >= 0.3 is 0 Å². The fourth-order valence-corrected chi connectivity index (χ4v) is 3.68. The number of hydrogen-bond donors (Lipinski definition) is 3. The summed E-state index contributed by atoms with van der Waals surface area (Å²) in [6, 6.07) is 4.49. The molecule has 9 heteroatoms. The predicted octanol–water partition coefficient (Wildman–Crippen LogP) is 2.71. The van der Waals surface area contributed by atoms with E-state index in [0.717, 1.165) is 16.9 Å². The fourth-order valence-electron chi connectivity index (χ4n) is 3.68. The van der Waals surface area contributed by atoms with Crippen LogP contribution < -0.4 is 5.32 Å². The predicted molar refractivity (Wildman–Crippen MR) is 97.7 cm³/mol. The molecule has 1 saturated carbocycles. The van der Waals surface area contributed by atoms with Crippen LogP contribution in [0.15, 0.2) is 30.9 Å². The van der Waals surface area contributed by atoms with Gasteiger partial charge in [-0.15, -0.1) is 0 Å². The molecule has 0 bridgehead atoms. The number of fused-ring (bicyclic) bond motifs is 2. The van der Waals surface area contributed by atoms with E-state index in [0.29, 0.717) is 29.8 Å². The number of benzene rings is 1. The number of imidazole rings is 2.